The van der Waals surface area contributed by atoms with Gasteiger partial charge in [0.25, 0.3) is 0 Å². The van der Waals surface area contributed by atoms with Crippen molar-refractivity contribution >= 4 is 16.7 Å². The third-order valence-corrected chi connectivity index (χ3v) is 3.86. The Labute approximate surface area is 119 Å². The summed E-state index contributed by atoms with van der Waals surface area (Å²) in [5.41, 5.74) is 1.60. The smallest absolute Gasteiger partial charge is 0.147 e. The van der Waals surface area contributed by atoms with Crippen molar-refractivity contribution < 1.29 is 0 Å². The SMILES string of the molecule is CC1CN(c2nc3ccccc3cc2C#N)C(C)CN1. The number of aromatic nitrogens is 1. The minimum atomic E-state index is 0.340. The molecule has 1 fully saturated rings. The van der Waals surface area contributed by atoms with E-state index in [-0.39, 0.29) is 0 Å². The lowest BCUT2D eigenvalue weighted by Crippen LogP contribution is -2.55. The van der Waals surface area contributed by atoms with Crippen LogP contribution in [-0.2, 0) is 0 Å². The molecule has 0 amide bonds. The molecular weight excluding hydrogens is 248 g/mol. The number of hydrogen-bond donors (Lipinski definition) is 1. The zero-order chi connectivity index (χ0) is 14.1. The second-order valence-corrected chi connectivity index (χ2v) is 5.47. The minimum Gasteiger partial charge on any atom is -0.350 e. The molecule has 1 aliphatic rings. The summed E-state index contributed by atoms with van der Waals surface area (Å²) in [6.45, 7) is 6.12. The van der Waals surface area contributed by atoms with E-state index in [1.54, 1.807) is 0 Å². The highest BCUT2D eigenvalue weighted by molar-refractivity contribution is 5.83. The number of pyridine rings is 1. The van der Waals surface area contributed by atoms with Crippen LogP contribution in [0.2, 0.25) is 0 Å². The van der Waals surface area contributed by atoms with Gasteiger partial charge in [-0.2, -0.15) is 5.26 Å². The van der Waals surface area contributed by atoms with Crippen molar-refractivity contribution in [2.45, 2.75) is 25.9 Å². The van der Waals surface area contributed by atoms with Crippen LogP contribution in [0.1, 0.15) is 19.4 Å². The highest BCUT2D eigenvalue weighted by atomic mass is 15.3. The number of piperazine rings is 1. The molecule has 2 unspecified atom stereocenters. The zero-order valence-electron chi connectivity index (χ0n) is 11.8. The number of benzene rings is 1. The predicted molar refractivity (Wildman–Crippen MR) is 80.7 cm³/mol. The van der Waals surface area contributed by atoms with E-state index in [1.165, 1.54) is 0 Å². The van der Waals surface area contributed by atoms with Crippen LogP contribution < -0.4 is 10.2 Å². The molecule has 0 radical (unpaired) electrons. The molecule has 20 heavy (non-hydrogen) atoms. The lowest BCUT2D eigenvalue weighted by molar-refractivity contribution is 0.422. The average Bonchev–Trinajstić information content (AvgIpc) is 2.48. The van der Waals surface area contributed by atoms with Gasteiger partial charge in [0.05, 0.1) is 11.1 Å². The van der Waals surface area contributed by atoms with Gasteiger partial charge in [0.15, 0.2) is 0 Å². The van der Waals surface area contributed by atoms with Gasteiger partial charge < -0.3 is 10.2 Å². The van der Waals surface area contributed by atoms with Crippen molar-refractivity contribution in [1.29, 1.82) is 5.26 Å². The van der Waals surface area contributed by atoms with Crippen molar-refractivity contribution in [3.05, 3.63) is 35.9 Å². The van der Waals surface area contributed by atoms with Crippen LogP contribution in [0.3, 0.4) is 0 Å². The van der Waals surface area contributed by atoms with E-state index in [1.807, 2.05) is 30.3 Å². The molecule has 0 bridgehead atoms. The first-order valence-electron chi connectivity index (χ1n) is 6.99. The molecule has 4 nitrogen and oxygen atoms in total. The van der Waals surface area contributed by atoms with Crippen LogP contribution in [0.15, 0.2) is 30.3 Å². The summed E-state index contributed by atoms with van der Waals surface area (Å²) >= 11 is 0. The van der Waals surface area contributed by atoms with Gasteiger partial charge in [0.2, 0.25) is 0 Å². The van der Waals surface area contributed by atoms with Crippen LogP contribution in [0.5, 0.6) is 0 Å². The first-order chi connectivity index (χ1) is 9.69. The molecule has 1 N–H and O–H groups in total. The van der Waals surface area contributed by atoms with Crippen LogP contribution in [0.4, 0.5) is 5.82 Å². The van der Waals surface area contributed by atoms with E-state index >= 15 is 0 Å². The second kappa shape index (κ2) is 5.10. The lowest BCUT2D eigenvalue weighted by Gasteiger charge is -2.38. The molecular formula is C16H18N4. The fourth-order valence-corrected chi connectivity index (χ4v) is 2.72. The summed E-state index contributed by atoms with van der Waals surface area (Å²) in [6.07, 6.45) is 0. The molecule has 1 aromatic carbocycles. The Morgan fingerprint density at radius 2 is 2.15 bits per heavy atom. The third-order valence-electron chi connectivity index (χ3n) is 3.86. The van der Waals surface area contributed by atoms with E-state index in [2.05, 4.69) is 30.1 Å². The van der Waals surface area contributed by atoms with Crippen LogP contribution in [0.25, 0.3) is 10.9 Å². The molecule has 1 saturated heterocycles. The first kappa shape index (κ1) is 12.9. The molecule has 0 aliphatic carbocycles. The summed E-state index contributed by atoms with van der Waals surface area (Å²) in [6, 6.07) is 12.9. The molecule has 2 atom stereocenters. The zero-order valence-corrected chi connectivity index (χ0v) is 11.8. The van der Waals surface area contributed by atoms with E-state index in [0.717, 1.165) is 29.8 Å². The molecule has 1 aliphatic heterocycles. The normalized spacial score (nSPS) is 22.8. The van der Waals surface area contributed by atoms with Crippen molar-refractivity contribution in [2.24, 2.45) is 0 Å². The Morgan fingerprint density at radius 1 is 1.35 bits per heavy atom. The molecule has 0 spiro atoms. The van der Waals surface area contributed by atoms with Crippen molar-refractivity contribution in [3.63, 3.8) is 0 Å². The number of anilines is 1. The van der Waals surface area contributed by atoms with Crippen molar-refractivity contribution in [2.75, 3.05) is 18.0 Å². The molecule has 2 heterocycles. The number of nitrogens with one attached hydrogen (secondary N) is 1. The standard InChI is InChI=1S/C16H18N4/c1-11-10-20(12(2)9-18-11)16-14(8-17)7-13-5-3-4-6-15(13)19-16/h3-7,11-12,18H,9-10H2,1-2H3. The second-order valence-electron chi connectivity index (χ2n) is 5.47. The Kier molecular flexibility index (Phi) is 3.29. The maximum Gasteiger partial charge on any atom is 0.147 e. The fourth-order valence-electron chi connectivity index (χ4n) is 2.72. The van der Waals surface area contributed by atoms with Gasteiger partial charge in [-0.05, 0) is 26.0 Å². The number of nitriles is 1. The molecule has 1 aromatic heterocycles. The van der Waals surface area contributed by atoms with Crippen LogP contribution in [0, 0.1) is 11.3 Å². The Balaban J connectivity index is 2.12. The number of nitrogens with zero attached hydrogens (tertiary/aromatic N) is 3. The summed E-state index contributed by atoms with van der Waals surface area (Å²) in [5.74, 6) is 0.812. The van der Waals surface area contributed by atoms with Gasteiger partial charge in [0, 0.05) is 30.6 Å². The van der Waals surface area contributed by atoms with E-state index in [0.29, 0.717) is 17.6 Å². The number of fused-ring (bicyclic) bond motifs is 1. The topological polar surface area (TPSA) is 52.0 Å². The number of para-hydroxylation sites is 1. The van der Waals surface area contributed by atoms with E-state index in [4.69, 9.17) is 4.98 Å². The quantitative estimate of drug-likeness (QED) is 0.860. The Bertz CT molecular complexity index is 674. The highest BCUT2D eigenvalue weighted by Crippen LogP contribution is 2.25. The van der Waals surface area contributed by atoms with Gasteiger partial charge in [-0.15, -0.1) is 0 Å². The predicted octanol–water partition coefficient (Wildman–Crippen LogP) is 2.29. The van der Waals surface area contributed by atoms with E-state index < -0.39 is 0 Å². The summed E-state index contributed by atoms with van der Waals surface area (Å²) in [4.78, 5) is 6.97. The highest BCUT2D eigenvalue weighted by Gasteiger charge is 2.25. The van der Waals surface area contributed by atoms with Crippen molar-refractivity contribution in [1.82, 2.24) is 10.3 Å². The summed E-state index contributed by atoms with van der Waals surface area (Å²) in [5, 5.41) is 13.9. The first-order valence-corrected chi connectivity index (χ1v) is 6.99. The average molecular weight is 266 g/mol. The maximum atomic E-state index is 9.43. The summed E-state index contributed by atoms with van der Waals surface area (Å²) in [7, 11) is 0. The molecule has 102 valence electrons. The number of hydrogen-bond acceptors (Lipinski definition) is 4. The molecule has 2 aromatic rings. The molecule has 0 saturated carbocycles. The monoisotopic (exact) mass is 266 g/mol. The minimum absolute atomic E-state index is 0.340. The third kappa shape index (κ3) is 2.21. The Morgan fingerprint density at radius 3 is 2.95 bits per heavy atom. The van der Waals surface area contributed by atoms with E-state index in [9.17, 15) is 5.26 Å². The van der Waals surface area contributed by atoms with Crippen molar-refractivity contribution in [3.8, 4) is 6.07 Å². The van der Waals surface area contributed by atoms with Gasteiger partial charge in [-0.25, -0.2) is 4.98 Å². The molecule has 4 heteroatoms. The lowest BCUT2D eigenvalue weighted by atomic mass is 10.1. The Hall–Kier alpha value is -2.12. The van der Waals surface area contributed by atoms with Gasteiger partial charge in [-0.1, -0.05) is 18.2 Å². The largest absolute Gasteiger partial charge is 0.350 e. The van der Waals surface area contributed by atoms with Gasteiger partial charge in [0.1, 0.15) is 11.9 Å². The fraction of sp³-hybridized carbons (Fsp3) is 0.375. The summed E-state index contributed by atoms with van der Waals surface area (Å²) < 4.78 is 0. The van der Waals surface area contributed by atoms with Gasteiger partial charge in [-0.3, -0.25) is 0 Å². The van der Waals surface area contributed by atoms with Gasteiger partial charge >= 0.3 is 0 Å². The van der Waals surface area contributed by atoms with Crippen LogP contribution in [-0.4, -0.2) is 30.2 Å². The molecule has 3 rings (SSSR count). The maximum absolute atomic E-state index is 9.43. The van der Waals surface area contributed by atoms with Crippen LogP contribution >= 0.6 is 0 Å². The number of rotatable bonds is 1.